The van der Waals surface area contributed by atoms with Gasteiger partial charge in [0.1, 0.15) is 17.2 Å². The number of anilines is 1. The van der Waals surface area contributed by atoms with E-state index in [1.165, 1.54) is 11.0 Å². The molecular weight excluding hydrogens is 461 g/mol. The fourth-order valence-corrected chi connectivity index (χ4v) is 4.71. The molecule has 2 aromatic carbocycles. The summed E-state index contributed by atoms with van der Waals surface area (Å²) >= 11 is 3.49. The molecule has 1 aromatic heterocycles. The lowest BCUT2D eigenvalue weighted by atomic mass is 9.78. The maximum Gasteiger partial charge on any atom is 0.415 e. The summed E-state index contributed by atoms with van der Waals surface area (Å²) in [6.45, 7) is 0.395. The number of nitrogens with zero attached hydrogens (tertiary/aromatic N) is 2. The largest absolute Gasteiger partial charge is 0.441 e. The predicted molar refractivity (Wildman–Crippen MR) is 115 cm³/mol. The van der Waals surface area contributed by atoms with E-state index in [1.807, 2.05) is 18.2 Å². The molecule has 1 N–H and O–H groups in total. The quantitative estimate of drug-likeness (QED) is 0.494. The molecule has 1 saturated heterocycles. The molecule has 152 valence electrons. The van der Waals surface area contributed by atoms with Crippen LogP contribution in [0.5, 0.6) is 0 Å². The zero-order valence-corrected chi connectivity index (χ0v) is 17.9. The van der Waals surface area contributed by atoms with Crippen molar-refractivity contribution in [3.05, 3.63) is 58.6 Å². The van der Waals surface area contributed by atoms with Crippen molar-refractivity contribution in [1.82, 2.24) is 9.97 Å². The van der Waals surface area contributed by atoms with Gasteiger partial charge in [-0.25, -0.2) is 14.2 Å². The van der Waals surface area contributed by atoms with E-state index in [-0.39, 0.29) is 18.1 Å². The van der Waals surface area contributed by atoms with Gasteiger partial charge in [0.15, 0.2) is 0 Å². The second-order valence-electron chi connectivity index (χ2n) is 7.65. The molecule has 2 fully saturated rings. The summed E-state index contributed by atoms with van der Waals surface area (Å²) in [5, 5.41) is 0. The number of hydrogen-bond donors (Lipinski definition) is 1. The lowest BCUT2D eigenvalue weighted by molar-refractivity contribution is 0.0208. The van der Waals surface area contributed by atoms with Crippen molar-refractivity contribution in [2.24, 2.45) is 0 Å². The Morgan fingerprint density at radius 2 is 1.97 bits per heavy atom. The second kappa shape index (κ2) is 7.61. The van der Waals surface area contributed by atoms with Crippen molar-refractivity contribution < 1.29 is 13.9 Å². The predicted octanol–water partition coefficient (Wildman–Crippen LogP) is 5.94. The molecule has 3 aromatic rings. The maximum atomic E-state index is 14.1. The zero-order chi connectivity index (χ0) is 19.3. The van der Waals surface area contributed by atoms with Gasteiger partial charge in [-0.2, -0.15) is 0 Å². The van der Waals surface area contributed by atoms with E-state index in [4.69, 9.17) is 9.72 Å². The fourth-order valence-electron chi connectivity index (χ4n) is 4.35. The Morgan fingerprint density at radius 1 is 1.21 bits per heavy atom. The maximum absolute atomic E-state index is 14.1. The fraction of sp³-hybridized carbons (Fsp3) is 0.333. The summed E-state index contributed by atoms with van der Waals surface area (Å²) in [6, 6.07) is 12.3. The molecule has 2 aliphatic rings. The van der Waals surface area contributed by atoms with Gasteiger partial charge in [-0.1, -0.05) is 28.1 Å². The minimum Gasteiger partial charge on any atom is -0.441 e. The lowest BCUT2D eigenvalue weighted by Gasteiger charge is -2.34. The van der Waals surface area contributed by atoms with E-state index < -0.39 is 17.5 Å². The molecule has 1 amide bonds. The van der Waals surface area contributed by atoms with Crippen molar-refractivity contribution in [3.8, 4) is 0 Å². The summed E-state index contributed by atoms with van der Waals surface area (Å²) < 4.78 is 20.9. The normalized spacial score (nSPS) is 24.0. The van der Waals surface area contributed by atoms with Gasteiger partial charge in [-0.3, -0.25) is 4.90 Å². The van der Waals surface area contributed by atoms with Crippen LogP contribution < -0.4 is 4.90 Å². The van der Waals surface area contributed by atoms with Crippen LogP contribution in [0.3, 0.4) is 0 Å². The number of carbonyl (C=O) groups excluding carboxylic acids is 1. The Bertz CT molecular complexity index is 1070. The SMILES string of the molecule is Cl.O=C1OC2(CCC(c3nc4ccc(Br)cc4[nH]3)CC2)CN1c1ccccc1F. The van der Waals surface area contributed by atoms with E-state index in [9.17, 15) is 9.18 Å². The number of benzene rings is 2. The number of para-hydroxylation sites is 1. The first-order valence-corrected chi connectivity index (χ1v) is 10.2. The number of carbonyl (C=O) groups is 1. The van der Waals surface area contributed by atoms with E-state index in [1.54, 1.807) is 18.2 Å². The van der Waals surface area contributed by atoms with Crippen molar-refractivity contribution >= 4 is 51.2 Å². The average molecular weight is 481 g/mol. The topological polar surface area (TPSA) is 58.2 Å². The highest BCUT2D eigenvalue weighted by atomic mass is 79.9. The van der Waals surface area contributed by atoms with Crippen LogP contribution in [0.25, 0.3) is 11.0 Å². The van der Waals surface area contributed by atoms with Crippen molar-refractivity contribution in [3.63, 3.8) is 0 Å². The summed E-state index contributed by atoms with van der Waals surface area (Å²) in [4.78, 5) is 22.0. The molecule has 1 aliphatic carbocycles. The number of halogens is 3. The molecule has 1 spiro atoms. The number of H-pyrrole nitrogens is 1. The first-order valence-electron chi connectivity index (χ1n) is 9.43. The first-order chi connectivity index (χ1) is 13.5. The molecule has 8 heteroatoms. The van der Waals surface area contributed by atoms with E-state index in [0.29, 0.717) is 12.5 Å². The highest BCUT2D eigenvalue weighted by Gasteiger charge is 2.48. The number of amides is 1. The molecule has 1 aliphatic heterocycles. The molecule has 1 saturated carbocycles. The van der Waals surface area contributed by atoms with E-state index >= 15 is 0 Å². The van der Waals surface area contributed by atoms with Crippen LogP contribution in [0, 0.1) is 5.82 Å². The highest BCUT2D eigenvalue weighted by Crippen LogP contribution is 2.44. The van der Waals surface area contributed by atoms with Gasteiger partial charge < -0.3 is 9.72 Å². The van der Waals surface area contributed by atoms with Crippen molar-refractivity contribution in [1.29, 1.82) is 0 Å². The third-order valence-corrected chi connectivity index (χ3v) is 6.35. The number of aromatic nitrogens is 2. The number of imidazole rings is 1. The Balaban J connectivity index is 0.00000205. The highest BCUT2D eigenvalue weighted by molar-refractivity contribution is 9.10. The molecule has 0 unspecified atom stereocenters. The van der Waals surface area contributed by atoms with Gasteiger partial charge in [-0.15, -0.1) is 12.4 Å². The number of rotatable bonds is 2. The molecule has 0 atom stereocenters. The third-order valence-electron chi connectivity index (χ3n) is 5.86. The number of aromatic amines is 1. The Kier molecular flexibility index (Phi) is 5.29. The van der Waals surface area contributed by atoms with Gasteiger partial charge in [0, 0.05) is 10.4 Å². The van der Waals surface area contributed by atoms with Crippen LogP contribution in [0.2, 0.25) is 0 Å². The molecular formula is C21H20BrClFN3O2. The molecule has 0 radical (unpaired) electrons. The minimum absolute atomic E-state index is 0. The van der Waals surface area contributed by atoms with Gasteiger partial charge in [0.25, 0.3) is 0 Å². The Hall–Kier alpha value is -2.12. The Morgan fingerprint density at radius 3 is 2.72 bits per heavy atom. The van der Waals surface area contributed by atoms with Crippen LogP contribution in [0.15, 0.2) is 46.9 Å². The standard InChI is InChI=1S/C21H19BrFN3O2.ClH/c22-14-5-6-16-17(11-14)25-19(24-16)13-7-9-21(10-8-13)12-26(20(27)28-21)18-4-2-1-3-15(18)23;/h1-6,11,13H,7-10,12H2,(H,24,25);1H. The molecule has 5 rings (SSSR count). The van der Waals surface area contributed by atoms with Crippen LogP contribution in [-0.2, 0) is 4.74 Å². The Labute approximate surface area is 182 Å². The van der Waals surface area contributed by atoms with Crippen molar-refractivity contribution in [2.45, 2.75) is 37.2 Å². The van der Waals surface area contributed by atoms with Gasteiger partial charge >= 0.3 is 6.09 Å². The average Bonchev–Trinajstić information content (AvgIpc) is 3.23. The number of fused-ring (bicyclic) bond motifs is 1. The van der Waals surface area contributed by atoms with Gasteiger partial charge in [-0.05, 0) is 56.0 Å². The number of hydrogen-bond acceptors (Lipinski definition) is 3. The van der Waals surface area contributed by atoms with Crippen LogP contribution in [-0.4, -0.2) is 28.2 Å². The molecule has 29 heavy (non-hydrogen) atoms. The number of nitrogens with one attached hydrogen (secondary N) is 1. The third kappa shape index (κ3) is 3.62. The zero-order valence-electron chi connectivity index (χ0n) is 15.5. The number of ether oxygens (including phenoxy) is 1. The second-order valence-corrected chi connectivity index (χ2v) is 8.56. The lowest BCUT2D eigenvalue weighted by Crippen LogP contribution is -2.38. The summed E-state index contributed by atoms with van der Waals surface area (Å²) in [6.07, 6.45) is 2.78. The first kappa shape index (κ1) is 20.2. The minimum atomic E-state index is -0.537. The van der Waals surface area contributed by atoms with Crippen LogP contribution in [0.1, 0.15) is 37.4 Å². The van der Waals surface area contributed by atoms with E-state index in [2.05, 4.69) is 20.9 Å². The summed E-state index contributed by atoms with van der Waals surface area (Å²) in [5.74, 6) is 0.884. The van der Waals surface area contributed by atoms with Gasteiger partial charge in [0.2, 0.25) is 0 Å². The monoisotopic (exact) mass is 479 g/mol. The van der Waals surface area contributed by atoms with Gasteiger partial charge in [0.05, 0.1) is 23.3 Å². The van der Waals surface area contributed by atoms with Crippen molar-refractivity contribution in [2.75, 3.05) is 11.4 Å². The molecule has 0 bridgehead atoms. The summed E-state index contributed by atoms with van der Waals surface area (Å²) in [5.41, 5.74) is 1.72. The smallest absolute Gasteiger partial charge is 0.415 e. The van der Waals surface area contributed by atoms with Crippen LogP contribution in [0.4, 0.5) is 14.9 Å². The molecule has 2 heterocycles. The summed E-state index contributed by atoms with van der Waals surface area (Å²) in [7, 11) is 0. The molecule has 5 nitrogen and oxygen atoms in total. The van der Waals surface area contributed by atoms with Crippen LogP contribution >= 0.6 is 28.3 Å². The van der Waals surface area contributed by atoms with E-state index in [0.717, 1.165) is 47.0 Å².